The Balaban J connectivity index is 1.82. The highest BCUT2D eigenvalue weighted by atomic mass is 32.2. The number of anilines is 1. The molecule has 0 saturated carbocycles. The first-order chi connectivity index (χ1) is 11.5. The minimum absolute atomic E-state index is 0.0962. The number of nitrogens with zero attached hydrogens (tertiary/aromatic N) is 4. The number of aryl methyl sites for hydroxylation is 1. The molecule has 24 heavy (non-hydrogen) atoms. The van der Waals surface area contributed by atoms with Gasteiger partial charge < -0.3 is 4.57 Å². The van der Waals surface area contributed by atoms with Crippen LogP contribution in [0.15, 0.2) is 59.8 Å². The second kappa shape index (κ2) is 6.14. The highest BCUT2D eigenvalue weighted by Crippen LogP contribution is 2.21. The summed E-state index contributed by atoms with van der Waals surface area (Å²) in [5, 5.41) is 16.6. The lowest BCUT2D eigenvalue weighted by Crippen LogP contribution is -2.12. The fourth-order valence-electron chi connectivity index (χ4n) is 2.15. The Morgan fingerprint density at radius 3 is 2.29 bits per heavy atom. The Morgan fingerprint density at radius 1 is 1.08 bits per heavy atom. The van der Waals surface area contributed by atoms with Gasteiger partial charge in [-0.1, -0.05) is 0 Å². The van der Waals surface area contributed by atoms with Gasteiger partial charge in [-0.3, -0.25) is 4.72 Å². The first kappa shape index (κ1) is 15.7. The molecule has 7 nitrogen and oxygen atoms in total. The van der Waals surface area contributed by atoms with Crippen molar-refractivity contribution in [1.82, 2.24) is 14.8 Å². The van der Waals surface area contributed by atoms with Crippen LogP contribution in [0.1, 0.15) is 5.56 Å². The maximum Gasteiger partial charge on any atom is 0.261 e. The van der Waals surface area contributed by atoms with Crippen molar-refractivity contribution in [3.63, 3.8) is 0 Å². The van der Waals surface area contributed by atoms with Crippen LogP contribution in [0.2, 0.25) is 0 Å². The molecule has 3 rings (SSSR count). The number of nitriles is 1. The Kier molecular flexibility index (Phi) is 4.02. The van der Waals surface area contributed by atoms with Gasteiger partial charge in [0.2, 0.25) is 0 Å². The fourth-order valence-corrected chi connectivity index (χ4v) is 3.21. The molecule has 2 aromatic carbocycles. The highest BCUT2D eigenvalue weighted by Gasteiger charge is 2.14. The molecular formula is C16H13N5O2S. The van der Waals surface area contributed by atoms with Crippen LogP contribution >= 0.6 is 0 Å². The standard InChI is InChI=1S/C16H13N5O2S/c1-21-11-18-19-16(21)13-4-6-14(7-5-13)20-24(22,23)15-8-2-12(10-17)3-9-15/h2-9,11,20H,1H3. The molecule has 1 heterocycles. The first-order valence-corrected chi connectivity index (χ1v) is 8.45. The number of rotatable bonds is 4. The second-order valence-corrected chi connectivity index (χ2v) is 6.77. The zero-order chi connectivity index (χ0) is 17.2. The van der Waals surface area contributed by atoms with Crippen LogP contribution in [0.3, 0.4) is 0 Å². The topological polar surface area (TPSA) is 101 Å². The molecule has 0 aliphatic carbocycles. The van der Waals surface area contributed by atoms with E-state index in [1.807, 2.05) is 13.1 Å². The molecule has 0 radical (unpaired) electrons. The lowest BCUT2D eigenvalue weighted by molar-refractivity contribution is 0.601. The first-order valence-electron chi connectivity index (χ1n) is 6.97. The quantitative estimate of drug-likeness (QED) is 0.785. The van der Waals surface area contributed by atoms with E-state index in [1.165, 1.54) is 24.3 Å². The lowest BCUT2D eigenvalue weighted by atomic mass is 10.2. The van der Waals surface area contributed by atoms with E-state index in [-0.39, 0.29) is 4.90 Å². The van der Waals surface area contributed by atoms with Gasteiger partial charge in [0.05, 0.1) is 16.5 Å². The molecule has 0 aliphatic heterocycles. The van der Waals surface area contributed by atoms with Crippen molar-refractivity contribution in [1.29, 1.82) is 5.26 Å². The van der Waals surface area contributed by atoms with Gasteiger partial charge in [-0.15, -0.1) is 10.2 Å². The van der Waals surface area contributed by atoms with E-state index < -0.39 is 10.0 Å². The van der Waals surface area contributed by atoms with Crippen molar-refractivity contribution < 1.29 is 8.42 Å². The largest absolute Gasteiger partial charge is 0.317 e. The van der Waals surface area contributed by atoms with E-state index in [0.29, 0.717) is 17.1 Å². The zero-order valence-corrected chi connectivity index (χ0v) is 13.5. The van der Waals surface area contributed by atoms with Gasteiger partial charge >= 0.3 is 0 Å². The van der Waals surface area contributed by atoms with Gasteiger partial charge in [0.15, 0.2) is 5.82 Å². The van der Waals surface area contributed by atoms with Crippen molar-refractivity contribution in [3.8, 4) is 17.5 Å². The van der Waals surface area contributed by atoms with Gasteiger partial charge in [0, 0.05) is 18.3 Å². The highest BCUT2D eigenvalue weighted by molar-refractivity contribution is 7.92. The molecule has 0 fully saturated rings. The average molecular weight is 339 g/mol. The van der Waals surface area contributed by atoms with Crippen LogP contribution in [0.5, 0.6) is 0 Å². The zero-order valence-electron chi connectivity index (χ0n) is 12.7. The summed E-state index contributed by atoms with van der Waals surface area (Å²) in [6.07, 6.45) is 1.59. The van der Waals surface area contributed by atoms with Crippen molar-refractivity contribution in [2.45, 2.75) is 4.90 Å². The summed E-state index contributed by atoms with van der Waals surface area (Å²) in [7, 11) is -1.88. The molecular weight excluding hydrogens is 326 g/mol. The molecule has 0 unspecified atom stereocenters. The summed E-state index contributed by atoms with van der Waals surface area (Å²) in [5.41, 5.74) is 1.67. The maximum absolute atomic E-state index is 12.3. The molecule has 3 aromatic rings. The maximum atomic E-state index is 12.3. The van der Waals surface area contributed by atoms with Crippen molar-refractivity contribution >= 4 is 15.7 Å². The lowest BCUT2D eigenvalue weighted by Gasteiger charge is -2.09. The molecule has 0 bridgehead atoms. The van der Waals surface area contributed by atoms with Gasteiger partial charge in [0.25, 0.3) is 10.0 Å². The van der Waals surface area contributed by atoms with Crippen LogP contribution in [0.25, 0.3) is 11.4 Å². The summed E-state index contributed by atoms with van der Waals surface area (Å²) in [4.78, 5) is 0.0962. The molecule has 1 aromatic heterocycles. The summed E-state index contributed by atoms with van der Waals surface area (Å²) < 4.78 is 29.0. The number of nitrogens with one attached hydrogen (secondary N) is 1. The van der Waals surface area contributed by atoms with Crippen molar-refractivity contribution in [3.05, 3.63) is 60.4 Å². The predicted molar refractivity (Wildman–Crippen MR) is 88.4 cm³/mol. The molecule has 1 N–H and O–H groups in total. The smallest absolute Gasteiger partial charge is 0.261 e. The normalized spacial score (nSPS) is 11.0. The minimum Gasteiger partial charge on any atom is -0.317 e. The predicted octanol–water partition coefficient (Wildman–Crippen LogP) is 2.15. The number of hydrogen-bond donors (Lipinski definition) is 1. The number of aromatic nitrogens is 3. The van der Waals surface area contributed by atoms with Gasteiger partial charge in [-0.2, -0.15) is 5.26 Å². The minimum atomic E-state index is -3.71. The third-order valence-corrected chi connectivity index (χ3v) is 4.80. The molecule has 0 amide bonds. The molecule has 0 aliphatic rings. The van der Waals surface area contributed by atoms with Gasteiger partial charge in [-0.25, -0.2) is 8.42 Å². The van der Waals surface area contributed by atoms with Crippen molar-refractivity contribution in [2.75, 3.05) is 4.72 Å². The molecule has 0 atom stereocenters. The summed E-state index contributed by atoms with van der Waals surface area (Å²) in [6.45, 7) is 0. The number of benzene rings is 2. The molecule has 120 valence electrons. The van der Waals surface area contributed by atoms with Crippen molar-refractivity contribution in [2.24, 2.45) is 7.05 Å². The SMILES string of the molecule is Cn1cnnc1-c1ccc(NS(=O)(=O)c2ccc(C#N)cc2)cc1. The van der Waals surface area contributed by atoms with Crippen LogP contribution in [-0.4, -0.2) is 23.2 Å². The fraction of sp³-hybridized carbons (Fsp3) is 0.0625. The summed E-state index contributed by atoms with van der Waals surface area (Å²) in [5.74, 6) is 0.691. The third-order valence-electron chi connectivity index (χ3n) is 3.40. The molecule has 8 heteroatoms. The van der Waals surface area contributed by atoms with E-state index in [2.05, 4.69) is 14.9 Å². The molecule has 0 saturated heterocycles. The van der Waals surface area contributed by atoms with Crippen LogP contribution < -0.4 is 4.72 Å². The summed E-state index contributed by atoms with van der Waals surface area (Å²) in [6, 6.07) is 14.5. The Bertz CT molecular complexity index is 1000. The number of hydrogen-bond acceptors (Lipinski definition) is 5. The van der Waals surface area contributed by atoms with E-state index in [4.69, 9.17) is 5.26 Å². The van der Waals surface area contributed by atoms with E-state index in [1.54, 1.807) is 35.2 Å². The second-order valence-electron chi connectivity index (χ2n) is 5.08. The van der Waals surface area contributed by atoms with Gasteiger partial charge in [0.1, 0.15) is 6.33 Å². The Labute approximate surface area is 139 Å². The van der Waals surface area contributed by atoms with Crippen LogP contribution in [0.4, 0.5) is 5.69 Å². The average Bonchev–Trinajstić information content (AvgIpc) is 3.01. The van der Waals surface area contributed by atoms with Gasteiger partial charge in [-0.05, 0) is 48.5 Å². The molecule has 0 spiro atoms. The van der Waals surface area contributed by atoms with Crippen LogP contribution in [-0.2, 0) is 17.1 Å². The Hall–Kier alpha value is -3.18. The van der Waals surface area contributed by atoms with E-state index >= 15 is 0 Å². The number of sulfonamides is 1. The Morgan fingerprint density at radius 2 is 1.75 bits per heavy atom. The van der Waals surface area contributed by atoms with E-state index in [9.17, 15) is 8.42 Å². The third kappa shape index (κ3) is 3.11. The summed E-state index contributed by atoms with van der Waals surface area (Å²) >= 11 is 0. The van der Waals surface area contributed by atoms with Crippen LogP contribution in [0, 0.1) is 11.3 Å². The monoisotopic (exact) mass is 339 g/mol. The van der Waals surface area contributed by atoms with E-state index in [0.717, 1.165) is 5.56 Å².